The Bertz CT molecular complexity index is 1260. The number of sulfonamides is 1. The number of carbonyl (C=O) groups excluding carboxylic acids is 1. The Balaban J connectivity index is 1.91. The summed E-state index contributed by atoms with van der Waals surface area (Å²) in [4.78, 5) is 12.8. The van der Waals surface area contributed by atoms with Gasteiger partial charge in [0.05, 0.1) is 16.8 Å². The highest BCUT2D eigenvalue weighted by Crippen LogP contribution is 2.28. The lowest BCUT2D eigenvalue weighted by Gasteiger charge is -2.26. The first kappa shape index (κ1) is 23.5. The highest BCUT2D eigenvalue weighted by molar-refractivity contribution is 7.92. The van der Waals surface area contributed by atoms with E-state index < -0.39 is 22.5 Å². The maximum atomic E-state index is 13.5. The standard InChI is InChI=1S/C24H24ClN3O3S/c1-17-11-13-21(14-12-17)32(30,31)28(23-10-6-7-18(2)19(23)3)16-24(29)27-26-15-20-8-4-5-9-22(20)25/h4-15H,16H2,1-3H3,(H,27,29)/b26-15-. The van der Waals surface area contributed by atoms with Crippen LogP contribution in [0.1, 0.15) is 22.3 Å². The molecule has 0 atom stereocenters. The van der Waals surface area contributed by atoms with Crippen molar-refractivity contribution in [3.8, 4) is 0 Å². The van der Waals surface area contributed by atoms with Crippen LogP contribution >= 0.6 is 11.6 Å². The molecule has 0 bridgehead atoms. The number of halogens is 1. The molecule has 3 aromatic rings. The number of aryl methyl sites for hydroxylation is 2. The fourth-order valence-electron chi connectivity index (χ4n) is 3.06. The molecule has 3 rings (SSSR count). The number of nitrogens with zero attached hydrogens (tertiary/aromatic N) is 2. The lowest BCUT2D eigenvalue weighted by Crippen LogP contribution is -2.40. The zero-order valence-electron chi connectivity index (χ0n) is 18.0. The molecule has 0 radical (unpaired) electrons. The number of nitrogens with one attached hydrogen (secondary N) is 1. The zero-order chi connectivity index (χ0) is 23.3. The Hall–Kier alpha value is -3.16. The van der Waals surface area contributed by atoms with E-state index in [0.717, 1.165) is 21.0 Å². The van der Waals surface area contributed by atoms with Gasteiger partial charge in [0, 0.05) is 10.6 Å². The average molecular weight is 470 g/mol. The van der Waals surface area contributed by atoms with Gasteiger partial charge in [0.15, 0.2) is 0 Å². The van der Waals surface area contributed by atoms with Gasteiger partial charge < -0.3 is 0 Å². The number of rotatable bonds is 7. The number of anilines is 1. The Morgan fingerprint density at radius 3 is 2.38 bits per heavy atom. The van der Waals surface area contributed by atoms with Crippen LogP contribution in [-0.2, 0) is 14.8 Å². The summed E-state index contributed by atoms with van der Waals surface area (Å²) in [5, 5.41) is 4.42. The van der Waals surface area contributed by atoms with E-state index in [-0.39, 0.29) is 4.90 Å². The van der Waals surface area contributed by atoms with E-state index in [1.807, 2.05) is 26.8 Å². The minimum atomic E-state index is -3.99. The quantitative estimate of drug-likeness (QED) is 0.405. The van der Waals surface area contributed by atoms with E-state index in [4.69, 9.17) is 11.6 Å². The van der Waals surface area contributed by atoms with Crippen molar-refractivity contribution in [2.45, 2.75) is 25.7 Å². The van der Waals surface area contributed by atoms with Gasteiger partial charge in [-0.2, -0.15) is 5.10 Å². The van der Waals surface area contributed by atoms with E-state index in [1.165, 1.54) is 18.3 Å². The van der Waals surface area contributed by atoms with E-state index in [1.54, 1.807) is 48.5 Å². The van der Waals surface area contributed by atoms with Crippen molar-refractivity contribution >= 4 is 39.4 Å². The number of benzene rings is 3. The Labute approximate surface area is 193 Å². The van der Waals surface area contributed by atoms with Crippen molar-refractivity contribution in [1.82, 2.24) is 5.43 Å². The van der Waals surface area contributed by atoms with E-state index in [0.29, 0.717) is 16.3 Å². The molecular weight excluding hydrogens is 446 g/mol. The third-order valence-electron chi connectivity index (χ3n) is 5.04. The Kier molecular flexibility index (Phi) is 7.33. The van der Waals surface area contributed by atoms with Gasteiger partial charge in [-0.1, -0.05) is 59.6 Å². The number of carbonyl (C=O) groups is 1. The summed E-state index contributed by atoms with van der Waals surface area (Å²) < 4.78 is 28.1. The minimum absolute atomic E-state index is 0.108. The molecule has 0 fully saturated rings. The minimum Gasteiger partial charge on any atom is -0.271 e. The SMILES string of the molecule is Cc1ccc(S(=O)(=O)N(CC(=O)N/N=C\c2ccccc2Cl)c2cccc(C)c2C)cc1. The average Bonchev–Trinajstić information content (AvgIpc) is 2.76. The van der Waals surface area contributed by atoms with Crippen molar-refractivity contribution in [1.29, 1.82) is 0 Å². The summed E-state index contributed by atoms with van der Waals surface area (Å²) in [6.07, 6.45) is 1.41. The number of hydrogen-bond donors (Lipinski definition) is 1. The molecule has 1 amide bonds. The van der Waals surface area contributed by atoms with E-state index >= 15 is 0 Å². The van der Waals surface area contributed by atoms with E-state index in [2.05, 4.69) is 10.5 Å². The van der Waals surface area contributed by atoms with Gasteiger partial charge >= 0.3 is 0 Å². The molecule has 32 heavy (non-hydrogen) atoms. The van der Waals surface area contributed by atoms with Gasteiger partial charge in [0.25, 0.3) is 15.9 Å². The topological polar surface area (TPSA) is 78.8 Å². The molecule has 0 heterocycles. The molecule has 0 spiro atoms. The zero-order valence-corrected chi connectivity index (χ0v) is 19.6. The first-order valence-electron chi connectivity index (χ1n) is 9.92. The van der Waals surface area contributed by atoms with Gasteiger partial charge in [-0.3, -0.25) is 9.10 Å². The summed E-state index contributed by atoms with van der Waals surface area (Å²) in [5.41, 5.74) is 6.10. The summed E-state index contributed by atoms with van der Waals surface area (Å²) in [6, 6.07) is 18.9. The lowest BCUT2D eigenvalue weighted by atomic mass is 10.1. The summed E-state index contributed by atoms with van der Waals surface area (Å²) >= 11 is 6.08. The normalized spacial score (nSPS) is 11.5. The largest absolute Gasteiger partial charge is 0.271 e. The van der Waals surface area contributed by atoms with Crippen LogP contribution in [0.5, 0.6) is 0 Å². The van der Waals surface area contributed by atoms with Crippen LogP contribution in [-0.4, -0.2) is 27.1 Å². The predicted octanol–water partition coefficient (Wildman–Crippen LogP) is 4.61. The molecule has 166 valence electrons. The van der Waals surface area contributed by atoms with Crippen LogP contribution in [0.4, 0.5) is 5.69 Å². The maximum Gasteiger partial charge on any atom is 0.264 e. The van der Waals surface area contributed by atoms with Crippen LogP contribution < -0.4 is 9.73 Å². The first-order chi connectivity index (χ1) is 15.2. The smallest absolute Gasteiger partial charge is 0.264 e. The summed E-state index contributed by atoms with van der Waals surface area (Å²) in [6.45, 7) is 5.17. The molecule has 0 aliphatic heterocycles. The van der Waals surface area contributed by atoms with Crippen molar-refractivity contribution in [3.63, 3.8) is 0 Å². The van der Waals surface area contributed by atoms with Gasteiger partial charge in [-0.05, 0) is 56.2 Å². The molecule has 3 aromatic carbocycles. The van der Waals surface area contributed by atoms with Crippen LogP contribution in [0, 0.1) is 20.8 Å². The van der Waals surface area contributed by atoms with Gasteiger partial charge in [-0.15, -0.1) is 0 Å². The van der Waals surface area contributed by atoms with Gasteiger partial charge in [0.2, 0.25) is 0 Å². The third kappa shape index (κ3) is 5.36. The predicted molar refractivity (Wildman–Crippen MR) is 129 cm³/mol. The molecule has 0 aliphatic carbocycles. The molecule has 0 unspecified atom stereocenters. The lowest BCUT2D eigenvalue weighted by molar-refractivity contribution is -0.119. The third-order valence-corrected chi connectivity index (χ3v) is 7.16. The van der Waals surface area contributed by atoms with E-state index in [9.17, 15) is 13.2 Å². The monoisotopic (exact) mass is 469 g/mol. The number of hydrogen-bond acceptors (Lipinski definition) is 4. The molecule has 0 aliphatic rings. The van der Waals surface area contributed by atoms with Crippen LogP contribution in [0.2, 0.25) is 5.02 Å². The second-order valence-corrected chi connectivity index (χ2v) is 9.63. The summed E-state index contributed by atoms with van der Waals surface area (Å²) in [5.74, 6) is -0.579. The Morgan fingerprint density at radius 1 is 1.00 bits per heavy atom. The molecular formula is C24H24ClN3O3S. The highest BCUT2D eigenvalue weighted by atomic mass is 35.5. The number of hydrazone groups is 1. The second kappa shape index (κ2) is 9.97. The van der Waals surface area contributed by atoms with Crippen molar-refractivity contribution < 1.29 is 13.2 Å². The van der Waals surface area contributed by atoms with Crippen molar-refractivity contribution in [2.24, 2.45) is 5.10 Å². The highest BCUT2D eigenvalue weighted by Gasteiger charge is 2.28. The molecule has 8 heteroatoms. The summed E-state index contributed by atoms with van der Waals surface area (Å²) in [7, 11) is -3.99. The van der Waals surface area contributed by atoms with Gasteiger partial charge in [0.1, 0.15) is 6.54 Å². The fraction of sp³-hybridized carbons (Fsp3) is 0.167. The van der Waals surface area contributed by atoms with Crippen molar-refractivity contribution in [3.05, 3.63) is 94.0 Å². The van der Waals surface area contributed by atoms with Crippen LogP contribution in [0.25, 0.3) is 0 Å². The molecule has 0 saturated heterocycles. The molecule has 6 nitrogen and oxygen atoms in total. The number of amides is 1. The second-order valence-electron chi connectivity index (χ2n) is 7.36. The Morgan fingerprint density at radius 2 is 1.69 bits per heavy atom. The molecule has 0 aromatic heterocycles. The molecule has 0 saturated carbocycles. The van der Waals surface area contributed by atoms with Crippen LogP contribution in [0.15, 0.2) is 76.7 Å². The maximum absolute atomic E-state index is 13.5. The van der Waals surface area contributed by atoms with Crippen molar-refractivity contribution in [2.75, 3.05) is 10.8 Å². The fourth-order valence-corrected chi connectivity index (χ4v) is 4.73. The van der Waals surface area contributed by atoms with Gasteiger partial charge in [-0.25, -0.2) is 13.8 Å². The van der Waals surface area contributed by atoms with Crippen LogP contribution in [0.3, 0.4) is 0 Å². The first-order valence-corrected chi connectivity index (χ1v) is 11.7. The molecule has 1 N–H and O–H groups in total.